The molecule has 4 heteroatoms. The van der Waals surface area contributed by atoms with Crippen molar-refractivity contribution in [2.24, 2.45) is 0 Å². The molecule has 0 aliphatic carbocycles. The number of hydrogen-bond acceptors (Lipinski definition) is 3. The maximum absolute atomic E-state index is 13.2. The highest BCUT2D eigenvalue weighted by Crippen LogP contribution is 2.10. The summed E-state index contributed by atoms with van der Waals surface area (Å²) in [5.74, 6) is -0.445. The number of rotatable bonds is 2. The highest BCUT2D eigenvalue weighted by atomic mass is 19.1. The Labute approximate surface area is 81.2 Å². The van der Waals surface area contributed by atoms with Crippen molar-refractivity contribution in [2.45, 2.75) is 13.5 Å². The Morgan fingerprint density at radius 2 is 2.36 bits per heavy atom. The number of nitrogens with zero attached hydrogens (tertiary/aromatic N) is 1. The first-order valence-electron chi connectivity index (χ1n) is 4.00. The first-order valence-corrected chi connectivity index (χ1v) is 4.00. The second-order valence-corrected chi connectivity index (χ2v) is 2.76. The highest BCUT2D eigenvalue weighted by molar-refractivity contribution is 5.69. The number of hydrogen-bond donors (Lipinski definition) is 1. The van der Waals surface area contributed by atoms with Gasteiger partial charge in [-0.25, -0.2) is 4.39 Å². The largest absolute Gasteiger partial charge is 0.477 e. The van der Waals surface area contributed by atoms with Gasteiger partial charge in [0.1, 0.15) is 12.4 Å². The van der Waals surface area contributed by atoms with Crippen LogP contribution in [0.5, 0.6) is 0 Å². The average Bonchev–Trinajstić information content (AvgIpc) is 2.15. The van der Waals surface area contributed by atoms with Gasteiger partial charge in [0, 0.05) is 12.5 Å². The normalized spacial score (nSPS) is 9.21. The molecule has 0 heterocycles. The van der Waals surface area contributed by atoms with E-state index in [0.29, 0.717) is 5.56 Å². The van der Waals surface area contributed by atoms with Gasteiger partial charge >= 0.3 is 0 Å². The number of ether oxygens (including phenoxy) is 1. The third-order valence-electron chi connectivity index (χ3n) is 1.63. The Kier molecular flexibility index (Phi) is 3.19. The van der Waals surface area contributed by atoms with E-state index in [1.165, 1.54) is 19.1 Å². The average molecular weight is 192 g/mol. The Balaban J connectivity index is 2.80. The SMILES string of the molecule is CC(=N)OCc1ccc(C#N)cc1F. The molecular weight excluding hydrogens is 183 g/mol. The molecule has 1 N–H and O–H groups in total. The van der Waals surface area contributed by atoms with Gasteiger partial charge in [-0.05, 0) is 12.1 Å². The van der Waals surface area contributed by atoms with Crippen LogP contribution in [0.4, 0.5) is 4.39 Å². The van der Waals surface area contributed by atoms with Gasteiger partial charge in [-0.3, -0.25) is 5.41 Å². The molecule has 0 saturated carbocycles. The zero-order valence-corrected chi connectivity index (χ0v) is 7.67. The summed E-state index contributed by atoms with van der Waals surface area (Å²) in [4.78, 5) is 0. The van der Waals surface area contributed by atoms with E-state index in [4.69, 9.17) is 15.4 Å². The lowest BCUT2D eigenvalue weighted by molar-refractivity contribution is 0.281. The topological polar surface area (TPSA) is 56.9 Å². The molecule has 0 unspecified atom stereocenters. The minimum absolute atomic E-state index is 0.0207. The van der Waals surface area contributed by atoms with Crippen molar-refractivity contribution in [3.63, 3.8) is 0 Å². The van der Waals surface area contributed by atoms with Crippen LogP contribution < -0.4 is 0 Å². The fourth-order valence-corrected chi connectivity index (χ4v) is 0.920. The van der Waals surface area contributed by atoms with E-state index >= 15 is 0 Å². The van der Waals surface area contributed by atoms with E-state index in [1.807, 2.05) is 6.07 Å². The van der Waals surface area contributed by atoms with Gasteiger partial charge in [-0.1, -0.05) is 6.07 Å². The second-order valence-electron chi connectivity index (χ2n) is 2.76. The van der Waals surface area contributed by atoms with Gasteiger partial charge in [0.25, 0.3) is 0 Å². The second kappa shape index (κ2) is 4.38. The van der Waals surface area contributed by atoms with Crippen molar-refractivity contribution >= 4 is 5.90 Å². The Bertz CT molecular complexity index is 396. The summed E-state index contributed by atoms with van der Waals surface area (Å²) in [7, 11) is 0. The lowest BCUT2D eigenvalue weighted by atomic mass is 10.1. The molecular formula is C10H9FN2O. The summed E-state index contributed by atoms with van der Waals surface area (Å²) >= 11 is 0. The molecule has 0 radical (unpaired) electrons. The lowest BCUT2D eigenvalue weighted by Crippen LogP contribution is -2.00. The van der Waals surface area contributed by atoms with Crippen molar-refractivity contribution in [3.05, 3.63) is 35.1 Å². The zero-order chi connectivity index (χ0) is 10.6. The summed E-state index contributed by atoms with van der Waals surface area (Å²) in [6, 6.07) is 5.99. The Hall–Kier alpha value is -1.89. The molecule has 1 rings (SSSR count). The smallest absolute Gasteiger partial charge is 0.177 e. The molecule has 14 heavy (non-hydrogen) atoms. The summed E-state index contributed by atoms with van der Waals surface area (Å²) in [5.41, 5.74) is 0.619. The fraction of sp³-hybridized carbons (Fsp3) is 0.200. The van der Waals surface area contributed by atoms with Crippen molar-refractivity contribution in [3.8, 4) is 6.07 Å². The molecule has 1 aromatic rings. The summed E-state index contributed by atoms with van der Waals surface area (Å²) < 4.78 is 18.0. The van der Waals surface area contributed by atoms with E-state index in [9.17, 15) is 4.39 Å². The van der Waals surface area contributed by atoms with Crippen molar-refractivity contribution in [1.29, 1.82) is 10.7 Å². The molecule has 0 spiro atoms. The van der Waals surface area contributed by atoms with Gasteiger partial charge in [0.05, 0.1) is 11.6 Å². The molecule has 0 aromatic heterocycles. The van der Waals surface area contributed by atoms with Crippen LogP contribution in [0.1, 0.15) is 18.1 Å². The standard InChI is InChI=1S/C10H9FN2O/c1-7(13)14-6-9-3-2-8(5-12)4-10(9)11/h2-4,13H,6H2,1H3. The highest BCUT2D eigenvalue weighted by Gasteiger charge is 2.03. The zero-order valence-electron chi connectivity index (χ0n) is 7.67. The lowest BCUT2D eigenvalue weighted by Gasteiger charge is -2.04. The van der Waals surface area contributed by atoms with Gasteiger partial charge in [0.15, 0.2) is 5.90 Å². The van der Waals surface area contributed by atoms with E-state index in [-0.39, 0.29) is 18.1 Å². The Morgan fingerprint density at radius 1 is 1.64 bits per heavy atom. The molecule has 0 aliphatic rings. The summed E-state index contributed by atoms with van der Waals surface area (Å²) in [6.07, 6.45) is 0. The Morgan fingerprint density at radius 3 is 2.86 bits per heavy atom. The quantitative estimate of drug-likeness (QED) is 0.576. The van der Waals surface area contributed by atoms with Crippen LogP contribution in [0, 0.1) is 22.6 Å². The molecule has 0 aliphatic heterocycles. The van der Waals surface area contributed by atoms with E-state index < -0.39 is 5.82 Å². The minimum atomic E-state index is -0.481. The van der Waals surface area contributed by atoms with Gasteiger partial charge in [-0.2, -0.15) is 5.26 Å². The number of nitrogens with one attached hydrogen (secondary N) is 1. The molecule has 1 aromatic carbocycles. The van der Waals surface area contributed by atoms with Crippen LogP contribution >= 0.6 is 0 Å². The van der Waals surface area contributed by atoms with Gasteiger partial charge in [0.2, 0.25) is 0 Å². The maximum atomic E-state index is 13.2. The van der Waals surface area contributed by atoms with E-state index in [0.717, 1.165) is 6.07 Å². The van der Waals surface area contributed by atoms with Gasteiger partial charge in [-0.15, -0.1) is 0 Å². The van der Waals surface area contributed by atoms with Crippen LogP contribution in [0.25, 0.3) is 0 Å². The molecule has 0 amide bonds. The molecule has 0 saturated heterocycles. The fourth-order valence-electron chi connectivity index (χ4n) is 0.920. The first kappa shape index (κ1) is 10.2. The van der Waals surface area contributed by atoms with Gasteiger partial charge < -0.3 is 4.74 Å². The van der Waals surface area contributed by atoms with Crippen molar-refractivity contribution in [2.75, 3.05) is 0 Å². The van der Waals surface area contributed by atoms with Crippen LogP contribution in [-0.4, -0.2) is 5.90 Å². The third kappa shape index (κ3) is 2.56. The third-order valence-corrected chi connectivity index (χ3v) is 1.63. The van der Waals surface area contributed by atoms with Crippen LogP contribution in [0.2, 0.25) is 0 Å². The maximum Gasteiger partial charge on any atom is 0.177 e. The molecule has 72 valence electrons. The van der Waals surface area contributed by atoms with Crippen LogP contribution in [0.3, 0.4) is 0 Å². The summed E-state index contributed by atoms with van der Waals surface area (Å²) in [5, 5.41) is 15.5. The molecule has 0 atom stereocenters. The van der Waals surface area contributed by atoms with Crippen molar-refractivity contribution in [1.82, 2.24) is 0 Å². The number of benzene rings is 1. The first-order chi connectivity index (χ1) is 6.63. The minimum Gasteiger partial charge on any atom is -0.477 e. The van der Waals surface area contributed by atoms with E-state index in [1.54, 1.807) is 0 Å². The predicted octanol–water partition coefficient (Wildman–Crippen LogP) is 2.21. The number of nitriles is 1. The predicted molar refractivity (Wildman–Crippen MR) is 49.3 cm³/mol. The monoisotopic (exact) mass is 192 g/mol. The molecule has 0 bridgehead atoms. The summed E-state index contributed by atoms with van der Waals surface area (Å²) in [6.45, 7) is 1.49. The van der Waals surface area contributed by atoms with Crippen LogP contribution in [0.15, 0.2) is 18.2 Å². The number of halogens is 1. The molecule has 3 nitrogen and oxygen atoms in total. The molecule has 0 fully saturated rings. The van der Waals surface area contributed by atoms with Crippen molar-refractivity contribution < 1.29 is 9.13 Å². The van der Waals surface area contributed by atoms with Crippen LogP contribution in [-0.2, 0) is 11.3 Å². The van der Waals surface area contributed by atoms with E-state index in [2.05, 4.69) is 0 Å².